The lowest BCUT2D eigenvalue weighted by Crippen LogP contribution is -1.91. The van der Waals surface area contributed by atoms with Crippen molar-refractivity contribution in [2.24, 2.45) is 0 Å². The van der Waals surface area contributed by atoms with Crippen LogP contribution in [0.1, 0.15) is 0 Å². The first-order valence-electron chi connectivity index (χ1n) is 0.748. The fourth-order valence-electron chi connectivity index (χ4n) is 0. The molecule has 1 unspecified atom stereocenters. The smallest absolute Gasteiger partial charge is 0.112 e. The van der Waals surface area contributed by atoms with Crippen molar-refractivity contribution in [1.29, 1.82) is 0 Å². The van der Waals surface area contributed by atoms with Gasteiger partial charge in [-0.1, -0.05) is 0 Å². The van der Waals surface area contributed by atoms with E-state index >= 15 is 0 Å². The lowest BCUT2D eigenvalue weighted by atomic mass is 14.0. The normalized spacial score (nSPS) is 15.3. The third-order valence-electron chi connectivity index (χ3n) is 0. The Kier molecular flexibility index (Phi) is 11.2. The molecule has 0 spiro atoms. The average molecular weight is 164 g/mol. The first-order chi connectivity index (χ1) is 2.00. The van der Waals surface area contributed by atoms with Crippen LogP contribution >= 0.6 is 5.69 Å². The Hall–Kier alpha value is 0.840. The maximum atomic E-state index is 9.40. The Balaban J connectivity index is -0.0000000800. The van der Waals surface area contributed by atoms with E-state index < -0.39 is 5.69 Å². The van der Waals surface area contributed by atoms with E-state index in [0.717, 1.165) is 0 Å². The van der Waals surface area contributed by atoms with Crippen molar-refractivity contribution in [2.45, 2.75) is 0 Å². The van der Waals surface area contributed by atoms with Crippen LogP contribution in [-0.4, -0.2) is 4.89 Å². The molecule has 7 heteroatoms. The zero-order chi connectivity index (χ0) is 4.50. The Morgan fingerprint density at radius 1 is 1.57 bits per heavy atom. The summed E-state index contributed by atoms with van der Waals surface area (Å²) in [6, 6.07) is 0. The predicted molar refractivity (Wildman–Crippen MR) is 35.8 cm³/mol. The summed E-state index contributed by atoms with van der Waals surface area (Å²) in [6.45, 7) is 0. The molecule has 0 fully saturated rings. The highest BCUT2D eigenvalue weighted by Crippen LogP contribution is 2.23. The molecule has 0 saturated carbocycles. The molecule has 0 aliphatic carbocycles. The summed E-state index contributed by atoms with van der Waals surface area (Å²) in [7, 11) is 0. The Labute approximate surface area is 52.4 Å². The predicted octanol–water partition coefficient (Wildman–Crippen LogP) is -0.137. The van der Waals surface area contributed by atoms with E-state index in [1.807, 2.05) is 0 Å². The lowest BCUT2D eigenvalue weighted by Gasteiger charge is -2.26. The monoisotopic (exact) mass is 164 g/mol. The van der Waals surface area contributed by atoms with Crippen molar-refractivity contribution < 1.29 is 9.79 Å². The Morgan fingerprint density at radius 2 is 1.57 bits per heavy atom. The minimum Gasteiger partial charge on any atom is -0.819 e. The highest BCUT2D eigenvalue weighted by molar-refractivity contribution is 8.50. The number of quaternary nitrogens is 2. The zero-order valence-electron chi connectivity index (χ0n) is 4.12. The first kappa shape index (κ1) is 15.7. The van der Waals surface area contributed by atoms with E-state index in [2.05, 4.69) is 24.1 Å². The lowest BCUT2D eigenvalue weighted by molar-refractivity contribution is -0.170. The average Bonchev–Trinajstić information content (AvgIpc) is 0.722. The van der Waals surface area contributed by atoms with Crippen molar-refractivity contribution >= 4 is 29.7 Å². The maximum Gasteiger partial charge on any atom is -0.112 e. The quantitative estimate of drug-likeness (QED) is 0.341. The van der Waals surface area contributed by atoms with E-state index in [9.17, 15) is 4.89 Å². The van der Waals surface area contributed by atoms with Gasteiger partial charge in [0.25, 0.3) is 0 Å². The molecule has 4 nitrogen and oxygen atoms in total. The molecule has 48 valence electrons. The van der Waals surface area contributed by atoms with Gasteiger partial charge < -0.3 is 34.3 Å². The van der Waals surface area contributed by atoms with Gasteiger partial charge in [-0.05, 0) is 0 Å². The summed E-state index contributed by atoms with van der Waals surface area (Å²) in [4.78, 5) is 17.1. The molecule has 7 heavy (non-hydrogen) atoms. The van der Waals surface area contributed by atoms with Crippen LogP contribution in [0.4, 0.5) is 0 Å². The van der Waals surface area contributed by atoms with Crippen molar-refractivity contribution in [1.82, 2.24) is 12.3 Å². The molecule has 0 amide bonds. The van der Waals surface area contributed by atoms with Crippen LogP contribution in [0.5, 0.6) is 0 Å². The number of hydrogen-bond acceptors (Lipinski definition) is 3. The molecule has 0 aromatic carbocycles. The van der Waals surface area contributed by atoms with Crippen LogP contribution in [0.25, 0.3) is 0 Å². The molecule has 0 bridgehead atoms. The summed E-state index contributed by atoms with van der Waals surface area (Å²) in [5.74, 6) is 0. The van der Waals surface area contributed by atoms with E-state index in [1.165, 1.54) is 0 Å². The van der Waals surface area contributed by atoms with Gasteiger partial charge in [0.1, 0.15) is 0 Å². The number of hydrogen-bond donors (Lipinski definition) is 3. The minimum absolute atomic E-state index is 0. The van der Waals surface area contributed by atoms with Gasteiger partial charge >= 0.3 is 0 Å². The first-order valence-corrected chi connectivity index (χ1v) is 4.43. The van der Waals surface area contributed by atoms with E-state index in [-0.39, 0.29) is 12.3 Å². The SMILES string of the molecule is [NH4+].[NH4+].[O-]P(O)(=S)[S-]. The van der Waals surface area contributed by atoms with Gasteiger partial charge in [0.05, 0.1) is 0 Å². The zero-order valence-corrected chi connectivity index (χ0v) is 6.65. The van der Waals surface area contributed by atoms with Gasteiger partial charge in [0.15, 0.2) is 0 Å². The van der Waals surface area contributed by atoms with E-state index in [1.54, 1.807) is 0 Å². The van der Waals surface area contributed by atoms with E-state index in [4.69, 9.17) is 4.89 Å². The third-order valence-corrected chi connectivity index (χ3v) is 0. The Bertz CT molecular complexity index is 59.8. The molecular weight excluding hydrogens is 155 g/mol. The standard InChI is InChI=1S/2H3N.H3O2PS2/c;;1-3(2,4)5/h2*1H3;(H3,1,2,4,5). The molecule has 0 aliphatic rings. The fraction of sp³-hybridized carbons (Fsp3) is 0. The highest BCUT2D eigenvalue weighted by Gasteiger charge is 1.54. The molecule has 0 saturated heterocycles. The maximum absolute atomic E-state index is 9.40. The van der Waals surface area contributed by atoms with Gasteiger partial charge in [0.2, 0.25) is 0 Å². The summed E-state index contributed by atoms with van der Waals surface area (Å²) in [5.41, 5.74) is -3.47. The molecule has 0 aliphatic heterocycles. The van der Waals surface area contributed by atoms with Gasteiger partial charge in [-0.15, -0.1) is 17.5 Å². The van der Waals surface area contributed by atoms with Gasteiger partial charge in [-0.2, -0.15) is 0 Å². The second-order valence-corrected chi connectivity index (χ2v) is 5.07. The molecule has 0 aromatic rings. The Morgan fingerprint density at radius 3 is 1.57 bits per heavy atom. The van der Waals surface area contributed by atoms with Crippen molar-refractivity contribution in [3.63, 3.8) is 0 Å². The van der Waals surface area contributed by atoms with Crippen molar-refractivity contribution in [2.75, 3.05) is 0 Å². The van der Waals surface area contributed by atoms with Crippen LogP contribution in [0, 0.1) is 0 Å². The largest absolute Gasteiger partial charge is 0.819 e. The van der Waals surface area contributed by atoms with Crippen molar-refractivity contribution in [3.05, 3.63) is 0 Å². The molecular formula is H9N2O2PS2. The summed E-state index contributed by atoms with van der Waals surface area (Å²) < 4.78 is 0. The molecule has 9 N–H and O–H groups in total. The van der Waals surface area contributed by atoms with Gasteiger partial charge in [-0.3, -0.25) is 0 Å². The second-order valence-electron chi connectivity index (χ2n) is 0.469. The van der Waals surface area contributed by atoms with Crippen LogP contribution in [0.2, 0.25) is 0 Å². The van der Waals surface area contributed by atoms with Crippen LogP contribution < -0.4 is 17.2 Å². The van der Waals surface area contributed by atoms with Crippen LogP contribution in [0.3, 0.4) is 0 Å². The number of rotatable bonds is 0. The summed E-state index contributed by atoms with van der Waals surface area (Å²) >= 11 is 7.50. The second kappa shape index (κ2) is 4.99. The summed E-state index contributed by atoms with van der Waals surface area (Å²) in [6.07, 6.45) is 0. The summed E-state index contributed by atoms with van der Waals surface area (Å²) in [5, 5.41) is 0. The fourth-order valence-corrected chi connectivity index (χ4v) is 0. The molecule has 0 rings (SSSR count). The third kappa shape index (κ3) is 227. The van der Waals surface area contributed by atoms with Crippen LogP contribution in [0.15, 0.2) is 0 Å². The van der Waals surface area contributed by atoms with Crippen LogP contribution in [-0.2, 0) is 24.1 Å². The van der Waals surface area contributed by atoms with E-state index in [0.29, 0.717) is 0 Å². The van der Waals surface area contributed by atoms with Gasteiger partial charge in [-0.25, -0.2) is 0 Å². The highest BCUT2D eigenvalue weighted by atomic mass is 32.9. The molecule has 1 atom stereocenters. The topological polar surface area (TPSA) is 116 Å². The van der Waals surface area contributed by atoms with Crippen molar-refractivity contribution in [3.8, 4) is 0 Å². The minimum atomic E-state index is -3.47. The molecule has 0 heterocycles. The molecule has 0 aromatic heterocycles. The van der Waals surface area contributed by atoms with Gasteiger partial charge in [0, 0.05) is 0 Å². The molecule has 0 radical (unpaired) electrons.